The van der Waals surface area contributed by atoms with Gasteiger partial charge in [0.2, 0.25) is 15.9 Å². The molecule has 0 spiro atoms. The van der Waals surface area contributed by atoms with Crippen LogP contribution < -0.4 is 16.4 Å². The first-order valence-corrected chi connectivity index (χ1v) is 16.5. The first-order chi connectivity index (χ1) is 20.5. The van der Waals surface area contributed by atoms with E-state index < -0.39 is 28.0 Å². The number of hydrogen-bond donors (Lipinski definition) is 4. The lowest BCUT2D eigenvalue weighted by molar-refractivity contribution is -0.122. The molecule has 1 heterocycles. The fraction of sp³-hybridized carbons (Fsp3) is 0.387. The minimum absolute atomic E-state index is 0.0415. The van der Waals surface area contributed by atoms with E-state index in [0.717, 1.165) is 10.0 Å². The van der Waals surface area contributed by atoms with Gasteiger partial charge in [-0.1, -0.05) is 60.5 Å². The van der Waals surface area contributed by atoms with Crippen molar-refractivity contribution in [3.63, 3.8) is 0 Å². The van der Waals surface area contributed by atoms with Crippen LogP contribution in [0.25, 0.3) is 0 Å². The molecule has 2 aromatic carbocycles. The lowest BCUT2D eigenvalue weighted by Gasteiger charge is -2.31. The molecule has 3 aromatic rings. The fourth-order valence-corrected chi connectivity index (χ4v) is 6.82. The van der Waals surface area contributed by atoms with E-state index in [4.69, 9.17) is 5.73 Å². The topological polar surface area (TPSA) is 155 Å². The van der Waals surface area contributed by atoms with E-state index in [1.165, 1.54) is 22.6 Å². The molecule has 0 aliphatic heterocycles. The molecule has 0 bridgehead atoms. The fourth-order valence-electron chi connectivity index (χ4n) is 4.57. The van der Waals surface area contributed by atoms with E-state index in [9.17, 15) is 23.1 Å². The Morgan fingerprint density at radius 3 is 2.35 bits per heavy atom. The maximum absolute atomic E-state index is 13.5. The number of hydrogen-bond acceptors (Lipinski definition) is 7. The molecule has 43 heavy (non-hydrogen) atoms. The minimum Gasteiger partial charge on any atom is -0.399 e. The Morgan fingerprint density at radius 1 is 1.02 bits per heavy atom. The number of aromatic nitrogens is 1. The van der Waals surface area contributed by atoms with Crippen LogP contribution in [-0.2, 0) is 21.2 Å². The molecule has 0 aliphatic carbocycles. The van der Waals surface area contributed by atoms with Crippen LogP contribution in [0.5, 0.6) is 0 Å². The number of nitrogens with two attached hydrogens (primary N) is 1. The molecule has 10 nitrogen and oxygen atoms in total. The summed E-state index contributed by atoms with van der Waals surface area (Å²) in [5, 5.41) is 15.9. The number of pyridine rings is 1. The molecule has 232 valence electrons. The van der Waals surface area contributed by atoms with Crippen molar-refractivity contribution in [2.24, 2.45) is 5.92 Å². The largest absolute Gasteiger partial charge is 0.399 e. The molecule has 12 heteroatoms. The van der Waals surface area contributed by atoms with Crippen molar-refractivity contribution in [2.75, 3.05) is 25.4 Å². The Morgan fingerprint density at radius 2 is 1.72 bits per heavy atom. The Balaban J connectivity index is 1.62. The number of amides is 2. The van der Waals surface area contributed by atoms with Crippen molar-refractivity contribution in [3.8, 4) is 0 Å². The molecule has 0 saturated heterocycles. The zero-order chi connectivity index (χ0) is 31.4. The molecular formula is C31H40BrN5O5S. The summed E-state index contributed by atoms with van der Waals surface area (Å²) in [6, 6.07) is 17.0. The molecule has 2 amide bonds. The number of carbonyl (C=O) groups excluding carboxylic acids is 2. The van der Waals surface area contributed by atoms with Gasteiger partial charge in [-0.15, -0.1) is 0 Å². The Labute approximate surface area is 262 Å². The van der Waals surface area contributed by atoms with Crippen LogP contribution in [0.4, 0.5) is 5.69 Å². The van der Waals surface area contributed by atoms with Gasteiger partial charge in [-0.05, 0) is 66.8 Å². The minimum atomic E-state index is -3.86. The molecule has 0 aliphatic rings. The second kappa shape index (κ2) is 16.5. The van der Waals surface area contributed by atoms with E-state index in [1.54, 1.807) is 30.3 Å². The third-order valence-electron chi connectivity index (χ3n) is 6.81. The van der Waals surface area contributed by atoms with Gasteiger partial charge in [-0.3, -0.25) is 14.6 Å². The predicted molar refractivity (Wildman–Crippen MR) is 171 cm³/mol. The molecule has 3 rings (SSSR count). The molecule has 2 atom stereocenters. The molecule has 1 unspecified atom stereocenters. The summed E-state index contributed by atoms with van der Waals surface area (Å²) < 4.78 is 29.1. The van der Waals surface area contributed by atoms with Gasteiger partial charge in [-0.2, -0.15) is 4.31 Å². The first kappa shape index (κ1) is 34.2. The average molecular weight is 675 g/mol. The van der Waals surface area contributed by atoms with Gasteiger partial charge in [-0.25, -0.2) is 8.42 Å². The van der Waals surface area contributed by atoms with E-state index in [0.29, 0.717) is 31.5 Å². The van der Waals surface area contributed by atoms with Crippen LogP contribution in [0.3, 0.4) is 0 Å². The van der Waals surface area contributed by atoms with E-state index in [-0.39, 0.29) is 42.0 Å². The third kappa shape index (κ3) is 10.1. The Kier molecular flexibility index (Phi) is 13.1. The van der Waals surface area contributed by atoms with Gasteiger partial charge in [0.15, 0.2) is 0 Å². The van der Waals surface area contributed by atoms with Gasteiger partial charge in [0.05, 0.1) is 11.5 Å². The standard InChI is InChI=1S/C31H40BrN5O5S/c1-22(2)20-37(43(41,42)26-15-13-24(33)14-16-26)25(21-38)10-5-7-18-35-30(39)29(19-23-9-3-4-11-27(23)32)36-31(40)28-12-6-8-17-34-28/h3-4,6,8-9,11-17,22,25,29,38H,5,7,10,18-21,33H2,1-2H3,(H,35,39)(H,36,40)/t25?,29-/m1/s1. The van der Waals surface area contributed by atoms with Gasteiger partial charge in [0.1, 0.15) is 11.7 Å². The summed E-state index contributed by atoms with van der Waals surface area (Å²) in [4.78, 5) is 30.2. The number of sulfonamides is 1. The second-order valence-corrected chi connectivity index (χ2v) is 13.4. The SMILES string of the molecule is CC(C)CN(C(CO)CCCCNC(=O)[C@@H](Cc1ccccc1Br)NC(=O)c1ccccn1)S(=O)(=O)c1ccc(N)cc1. The number of aliphatic hydroxyl groups is 1. The highest BCUT2D eigenvalue weighted by molar-refractivity contribution is 9.10. The van der Waals surface area contributed by atoms with Crippen LogP contribution in [-0.4, -0.2) is 66.4 Å². The summed E-state index contributed by atoms with van der Waals surface area (Å²) in [7, 11) is -3.86. The lowest BCUT2D eigenvalue weighted by atomic mass is 10.0. The summed E-state index contributed by atoms with van der Waals surface area (Å²) in [6.45, 7) is 4.08. The zero-order valence-corrected chi connectivity index (χ0v) is 26.9. The van der Waals surface area contributed by atoms with Crippen LogP contribution in [0.2, 0.25) is 0 Å². The quantitative estimate of drug-likeness (QED) is 0.133. The van der Waals surface area contributed by atoms with Gasteiger partial charge in [0.25, 0.3) is 5.91 Å². The van der Waals surface area contributed by atoms with E-state index in [1.807, 2.05) is 38.1 Å². The van der Waals surface area contributed by atoms with Crippen LogP contribution in [0.1, 0.15) is 49.2 Å². The second-order valence-electron chi connectivity index (χ2n) is 10.7. The number of aliphatic hydroxyl groups excluding tert-OH is 1. The average Bonchev–Trinajstić information content (AvgIpc) is 2.99. The smallest absolute Gasteiger partial charge is 0.270 e. The number of anilines is 1. The summed E-state index contributed by atoms with van der Waals surface area (Å²) in [5.41, 5.74) is 7.28. The number of halogens is 1. The van der Waals surface area contributed by atoms with Crippen LogP contribution in [0.15, 0.2) is 82.3 Å². The highest BCUT2D eigenvalue weighted by Gasteiger charge is 2.31. The molecule has 0 saturated carbocycles. The first-order valence-electron chi connectivity index (χ1n) is 14.2. The number of nitrogens with zero attached hydrogens (tertiary/aromatic N) is 2. The summed E-state index contributed by atoms with van der Waals surface area (Å²) in [6.07, 6.45) is 3.30. The van der Waals surface area contributed by atoms with Crippen LogP contribution >= 0.6 is 15.9 Å². The predicted octanol–water partition coefficient (Wildman–Crippen LogP) is 3.76. The number of benzene rings is 2. The highest BCUT2D eigenvalue weighted by atomic mass is 79.9. The lowest BCUT2D eigenvalue weighted by Crippen LogP contribution is -2.48. The normalized spacial score (nSPS) is 13.1. The maximum Gasteiger partial charge on any atom is 0.270 e. The van der Waals surface area contributed by atoms with Crippen molar-refractivity contribution in [1.82, 2.24) is 19.9 Å². The number of nitrogens with one attached hydrogen (secondary N) is 2. The summed E-state index contributed by atoms with van der Waals surface area (Å²) in [5.74, 6) is -0.753. The number of rotatable bonds is 16. The van der Waals surface area contributed by atoms with Crippen LogP contribution in [0, 0.1) is 5.92 Å². The zero-order valence-electron chi connectivity index (χ0n) is 24.4. The summed E-state index contributed by atoms with van der Waals surface area (Å²) >= 11 is 3.51. The van der Waals surface area contributed by atoms with Crippen molar-refractivity contribution in [3.05, 3.63) is 88.7 Å². The molecule has 0 radical (unpaired) electrons. The molecule has 0 fully saturated rings. The van der Waals surface area contributed by atoms with Crippen molar-refractivity contribution in [1.29, 1.82) is 0 Å². The Hall–Kier alpha value is -3.32. The highest BCUT2D eigenvalue weighted by Crippen LogP contribution is 2.23. The number of carbonyl (C=O) groups is 2. The van der Waals surface area contributed by atoms with Gasteiger partial charge in [0, 0.05) is 41.9 Å². The van der Waals surface area contributed by atoms with E-state index >= 15 is 0 Å². The van der Waals surface area contributed by atoms with Gasteiger partial charge < -0.3 is 21.5 Å². The maximum atomic E-state index is 13.5. The van der Waals surface area contributed by atoms with Crippen molar-refractivity contribution >= 4 is 43.5 Å². The third-order valence-corrected chi connectivity index (χ3v) is 9.52. The monoisotopic (exact) mass is 673 g/mol. The molecular weight excluding hydrogens is 634 g/mol. The molecule has 5 N–H and O–H groups in total. The van der Waals surface area contributed by atoms with Crippen molar-refractivity contribution in [2.45, 2.75) is 56.5 Å². The number of nitrogen functional groups attached to an aromatic ring is 1. The van der Waals surface area contributed by atoms with E-state index in [2.05, 4.69) is 31.5 Å². The van der Waals surface area contributed by atoms with Crippen molar-refractivity contribution < 1.29 is 23.1 Å². The number of unbranched alkanes of at least 4 members (excludes halogenated alkanes) is 1. The molecule has 1 aromatic heterocycles. The Bertz CT molecular complexity index is 1440. The van der Waals surface area contributed by atoms with Gasteiger partial charge >= 0.3 is 0 Å².